The molecule has 0 saturated heterocycles. The molecule has 104 valence electrons. The Kier molecular flexibility index (Phi) is 4.08. The molecule has 1 aromatic rings. The summed E-state index contributed by atoms with van der Waals surface area (Å²) >= 11 is 0. The third kappa shape index (κ3) is 3.06. The van der Waals surface area contributed by atoms with Crippen LogP contribution in [-0.2, 0) is 0 Å². The summed E-state index contributed by atoms with van der Waals surface area (Å²) in [5, 5.41) is 12.0. The number of aromatic hydroxyl groups is 1. The first-order chi connectivity index (χ1) is 9.06. The maximum Gasteiger partial charge on any atom is 0.254 e. The first-order valence-corrected chi connectivity index (χ1v) is 6.83. The molecule has 0 spiro atoms. The Bertz CT molecular complexity index is 467. The normalized spacial score (nSPS) is 17.4. The Balaban J connectivity index is 2.01. The minimum absolute atomic E-state index is 0.0120. The largest absolute Gasteiger partial charge is 0.508 e. The Morgan fingerprint density at radius 3 is 2.68 bits per heavy atom. The Morgan fingerprint density at radius 1 is 1.42 bits per heavy atom. The number of nitrogens with one attached hydrogen (secondary N) is 1. The molecule has 0 heterocycles. The zero-order chi connectivity index (χ0) is 13.9. The van der Waals surface area contributed by atoms with E-state index in [2.05, 4.69) is 12.2 Å². The van der Waals surface area contributed by atoms with Crippen molar-refractivity contribution < 1.29 is 14.3 Å². The lowest BCUT2D eigenvalue weighted by atomic mass is 9.83. The molecule has 1 saturated carbocycles. The predicted octanol–water partition coefficient (Wildman–Crippen LogP) is 3.23. The number of rotatable bonds is 4. The molecule has 1 aromatic carbocycles. The van der Waals surface area contributed by atoms with E-state index in [-0.39, 0.29) is 16.7 Å². The highest BCUT2D eigenvalue weighted by Crippen LogP contribution is 2.40. The lowest BCUT2D eigenvalue weighted by Crippen LogP contribution is -2.35. The molecule has 1 fully saturated rings. The number of amides is 1. The number of phenolic OH excluding ortho intramolecular Hbond substituents is 1. The fraction of sp³-hybridized carbons (Fsp3) is 0.533. The van der Waals surface area contributed by atoms with E-state index < -0.39 is 11.7 Å². The highest BCUT2D eigenvalue weighted by molar-refractivity contribution is 5.94. The number of benzene rings is 1. The van der Waals surface area contributed by atoms with Crippen LogP contribution < -0.4 is 5.32 Å². The van der Waals surface area contributed by atoms with Crippen LogP contribution in [0.15, 0.2) is 18.2 Å². The topological polar surface area (TPSA) is 49.3 Å². The fourth-order valence-electron chi connectivity index (χ4n) is 2.83. The van der Waals surface area contributed by atoms with Crippen LogP contribution in [0.4, 0.5) is 4.39 Å². The number of hydrogen-bond acceptors (Lipinski definition) is 2. The van der Waals surface area contributed by atoms with E-state index in [0.717, 1.165) is 25.3 Å². The smallest absolute Gasteiger partial charge is 0.254 e. The zero-order valence-electron chi connectivity index (χ0n) is 11.2. The summed E-state index contributed by atoms with van der Waals surface area (Å²) in [5.41, 5.74) is 0.172. The van der Waals surface area contributed by atoms with Crippen LogP contribution >= 0.6 is 0 Å². The quantitative estimate of drug-likeness (QED) is 0.878. The fourth-order valence-corrected chi connectivity index (χ4v) is 2.83. The van der Waals surface area contributed by atoms with Gasteiger partial charge in [-0.1, -0.05) is 19.8 Å². The van der Waals surface area contributed by atoms with E-state index in [1.165, 1.54) is 25.0 Å². The van der Waals surface area contributed by atoms with Crippen molar-refractivity contribution in [2.75, 3.05) is 6.54 Å². The number of halogens is 1. The average Bonchev–Trinajstić information content (AvgIpc) is 2.85. The van der Waals surface area contributed by atoms with Crippen molar-refractivity contribution in [3.63, 3.8) is 0 Å². The highest BCUT2D eigenvalue weighted by Gasteiger charge is 2.32. The Labute approximate surface area is 112 Å². The molecule has 0 atom stereocenters. The van der Waals surface area contributed by atoms with Crippen LogP contribution in [-0.4, -0.2) is 17.6 Å². The minimum Gasteiger partial charge on any atom is -0.508 e. The molecule has 0 bridgehead atoms. The van der Waals surface area contributed by atoms with Crippen molar-refractivity contribution >= 4 is 5.91 Å². The molecule has 1 aliphatic rings. The predicted molar refractivity (Wildman–Crippen MR) is 71.6 cm³/mol. The molecule has 1 aliphatic carbocycles. The van der Waals surface area contributed by atoms with Gasteiger partial charge in [-0.2, -0.15) is 0 Å². The van der Waals surface area contributed by atoms with Gasteiger partial charge >= 0.3 is 0 Å². The minimum atomic E-state index is -0.686. The van der Waals surface area contributed by atoms with Gasteiger partial charge in [0.05, 0.1) is 5.56 Å². The van der Waals surface area contributed by atoms with E-state index in [4.69, 9.17) is 5.11 Å². The van der Waals surface area contributed by atoms with Gasteiger partial charge in [-0.05, 0) is 36.8 Å². The van der Waals surface area contributed by atoms with Gasteiger partial charge < -0.3 is 10.4 Å². The molecule has 2 N–H and O–H groups in total. The molecular weight excluding hydrogens is 245 g/mol. The Morgan fingerprint density at radius 2 is 2.11 bits per heavy atom. The first kappa shape index (κ1) is 13.8. The van der Waals surface area contributed by atoms with Crippen LogP contribution in [0.1, 0.15) is 49.4 Å². The monoisotopic (exact) mass is 265 g/mol. The van der Waals surface area contributed by atoms with Gasteiger partial charge in [0, 0.05) is 12.6 Å². The van der Waals surface area contributed by atoms with Crippen LogP contribution in [0.2, 0.25) is 0 Å². The van der Waals surface area contributed by atoms with E-state index in [1.807, 2.05) is 0 Å². The van der Waals surface area contributed by atoms with Crippen molar-refractivity contribution in [3.05, 3.63) is 29.6 Å². The van der Waals surface area contributed by atoms with Crippen molar-refractivity contribution in [2.45, 2.75) is 39.0 Å². The molecule has 0 radical (unpaired) electrons. The van der Waals surface area contributed by atoms with Crippen LogP contribution in [0, 0.1) is 11.2 Å². The zero-order valence-corrected chi connectivity index (χ0v) is 11.2. The maximum absolute atomic E-state index is 13.6. The standard InChI is InChI=1S/C15H20FNO2/c1-2-15(7-3-4-8-15)10-17-14(19)12-6-5-11(18)9-13(12)16/h5-6,9,18H,2-4,7-8,10H2,1H3,(H,17,19). The van der Waals surface area contributed by atoms with Crippen LogP contribution in [0.25, 0.3) is 0 Å². The number of phenols is 1. The molecule has 3 nitrogen and oxygen atoms in total. The SMILES string of the molecule is CCC1(CNC(=O)c2ccc(O)cc2F)CCCC1. The molecular formula is C15H20FNO2. The first-order valence-electron chi connectivity index (χ1n) is 6.83. The van der Waals surface area contributed by atoms with Gasteiger partial charge in [-0.15, -0.1) is 0 Å². The number of carbonyl (C=O) groups excluding carboxylic acids is 1. The number of hydrogen-bond donors (Lipinski definition) is 2. The number of carbonyl (C=O) groups is 1. The summed E-state index contributed by atoms with van der Waals surface area (Å²) in [7, 11) is 0. The van der Waals surface area contributed by atoms with Gasteiger partial charge in [0.25, 0.3) is 5.91 Å². The van der Waals surface area contributed by atoms with E-state index in [9.17, 15) is 9.18 Å². The van der Waals surface area contributed by atoms with Crippen LogP contribution in [0.3, 0.4) is 0 Å². The van der Waals surface area contributed by atoms with Gasteiger partial charge in [0.15, 0.2) is 0 Å². The second-order valence-corrected chi connectivity index (χ2v) is 5.41. The molecule has 0 aromatic heterocycles. The molecule has 0 unspecified atom stereocenters. The van der Waals surface area contributed by atoms with Crippen molar-refractivity contribution in [3.8, 4) is 5.75 Å². The van der Waals surface area contributed by atoms with Crippen molar-refractivity contribution in [1.29, 1.82) is 0 Å². The summed E-state index contributed by atoms with van der Waals surface area (Å²) in [6.07, 6.45) is 5.70. The molecule has 19 heavy (non-hydrogen) atoms. The lowest BCUT2D eigenvalue weighted by molar-refractivity contribution is 0.0924. The van der Waals surface area contributed by atoms with Gasteiger partial charge in [0.2, 0.25) is 0 Å². The van der Waals surface area contributed by atoms with Gasteiger partial charge in [0.1, 0.15) is 11.6 Å². The van der Waals surface area contributed by atoms with Crippen molar-refractivity contribution in [1.82, 2.24) is 5.32 Å². The third-order valence-electron chi connectivity index (χ3n) is 4.24. The summed E-state index contributed by atoms with van der Waals surface area (Å²) in [4.78, 5) is 12.0. The average molecular weight is 265 g/mol. The summed E-state index contributed by atoms with van der Waals surface area (Å²) < 4.78 is 13.6. The van der Waals surface area contributed by atoms with Crippen LogP contribution in [0.5, 0.6) is 5.75 Å². The van der Waals surface area contributed by atoms with Gasteiger partial charge in [-0.3, -0.25) is 4.79 Å². The maximum atomic E-state index is 13.6. The summed E-state index contributed by atoms with van der Waals surface area (Å²) in [6.45, 7) is 2.74. The van der Waals surface area contributed by atoms with E-state index >= 15 is 0 Å². The molecule has 2 rings (SSSR count). The van der Waals surface area contributed by atoms with Gasteiger partial charge in [-0.25, -0.2) is 4.39 Å². The highest BCUT2D eigenvalue weighted by atomic mass is 19.1. The molecule has 1 amide bonds. The lowest BCUT2D eigenvalue weighted by Gasteiger charge is -2.27. The summed E-state index contributed by atoms with van der Waals surface area (Å²) in [6, 6.07) is 3.59. The second kappa shape index (κ2) is 5.59. The second-order valence-electron chi connectivity index (χ2n) is 5.41. The molecule has 4 heteroatoms. The molecule has 0 aliphatic heterocycles. The van der Waals surface area contributed by atoms with E-state index in [0.29, 0.717) is 6.54 Å². The third-order valence-corrected chi connectivity index (χ3v) is 4.24. The van der Waals surface area contributed by atoms with E-state index in [1.54, 1.807) is 0 Å². The van der Waals surface area contributed by atoms with Crippen molar-refractivity contribution in [2.24, 2.45) is 5.41 Å². The summed E-state index contributed by atoms with van der Waals surface area (Å²) in [5.74, 6) is -1.26. The Hall–Kier alpha value is -1.58.